The van der Waals surface area contributed by atoms with Crippen LogP contribution in [0.5, 0.6) is 0 Å². The Morgan fingerprint density at radius 2 is 1.70 bits per heavy atom. The highest BCUT2D eigenvalue weighted by Crippen LogP contribution is 2.26. The van der Waals surface area contributed by atoms with Crippen LogP contribution in [-0.2, 0) is 7.05 Å². The van der Waals surface area contributed by atoms with Gasteiger partial charge in [0.2, 0.25) is 5.69 Å². The third-order valence-corrected chi connectivity index (χ3v) is 3.92. The summed E-state index contributed by atoms with van der Waals surface area (Å²) >= 11 is 0. The Morgan fingerprint density at radius 3 is 2.50 bits per heavy atom. The van der Waals surface area contributed by atoms with Crippen LogP contribution in [0.2, 0.25) is 0 Å². The minimum Gasteiger partial charge on any atom is -0.0858 e. The molecule has 20 heavy (non-hydrogen) atoms. The van der Waals surface area contributed by atoms with Crippen LogP contribution in [0.4, 0.5) is 0 Å². The van der Waals surface area contributed by atoms with Gasteiger partial charge in [-0.05, 0) is 44.0 Å². The molecule has 3 aromatic rings. The fourth-order valence-corrected chi connectivity index (χ4v) is 2.71. The van der Waals surface area contributed by atoms with Crippen molar-refractivity contribution >= 4 is 10.9 Å². The largest absolute Gasteiger partial charge is 0.239 e. The van der Waals surface area contributed by atoms with Gasteiger partial charge >= 0.3 is 0 Å². The van der Waals surface area contributed by atoms with E-state index in [1.165, 1.54) is 27.6 Å². The van der Waals surface area contributed by atoms with Crippen molar-refractivity contribution in [3.8, 4) is 11.3 Å². The molecular formula is C18H19N2+. The van der Waals surface area contributed by atoms with Crippen molar-refractivity contribution in [3.05, 3.63) is 59.2 Å². The van der Waals surface area contributed by atoms with Crippen molar-refractivity contribution in [2.24, 2.45) is 7.05 Å². The van der Waals surface area contributed by atoms with E-state index in [0.717, 1.165) is 11.2 Å². The normalized spacial score (nSPS) is 11.0. The van der Waals surface area contributed by atoms with Gasteiger partial charge in [-0.1, -0.05) is 34.5 Å². The van der Waals surface area contributed by atoms with E-state index in [1.54, 1.807) is 0 Å². The lowest BCUT2D eigenvalue weighted by Gasteiger charge is -2.09. The van der Waals surface area contributed by atoms with Crippen molar-refractivity contribution in [2.45, 2.75) is 20.8 Å². The second-order valence-corrected chi connectivity index (χ2v) is 5.47. The van der Waals surface area contributed by atoms with Crippen molar-refractivity contribution in [2.75, 3.05) is 0 Å². The van der Waals surface area contributed by atoms with Crippen LogP contribution >= 0.6 is 0 Å². The predicted molar refractivity (Wildman–Crippen MR) is 82.6 cm³/mol. The highest BCUT2D eigenvalue weighted by molar-refractivity contribution is 5.81. The van der Waals surface area contributed by atoms with Gasteiger partial charge in [0.05, 0.1) is 5.56 Å². The molecule has 0 saturated heterocycles. The summed E-state index contributed by atoms with van der Waals surface area (Å²) in [5, 5.41) is 5.85. The van der Waals surface area contributed by atoms with Gasteiger partial charge in [-0.15, -0.1) is 0 Å². The molecule has 100 valence electrons. The predicted octanol–water partition coefficient (Wildman–Crippen LogP) is 3.65. The van der Waals surface area contributed by atoms with Gasteiger partial charge in [0.15, 0.2) is 7.05 Å². The van der Waals surface area contributed by atoms with Gasteiger partial charge in [0.1, 0.15) is 5.52 Å². The van der Waals surface area contributed by atoms with Crippen LogP contribution in [0.1, 0.15) is 16.7 Å². The molecule has 0 saturated carbocycles. The zero-order chi connectivity index (χ0) is 14.3. The molecule has 0 fully saturated rings. The average molecular weight is 263 g/mol. The number of aromatic nitrogens is 2. The molecular weight excluding hydrogens is 244 g/mol. The molecule has 0 bridgehead atoms. The van der Waals surface area contributed by atoms with Crippen molar-refractivity contribution in [3.63, 3.8) is 0 Å². The van der Waals surface area contributed by atoms with Gasteiger partial charge < -0.3 is 0 Å². The summed E-state index contributed by atoms with van der Waals surface area (Å²) in [6, 6.07) is 14.9. The first-order valence-electron chi connectivity index (χ1n) is 6.90. The molecule has 2 heteroatoms. The van der Waals surface area contributed by atoms with Gasteiger partial charge in [0.25, 0.3) is 0 Å². The van der Waals surface area contributed by atoms with Crippen LogP contribution in [-0.4, -0.2) is 5.10 Å². The lowest BCUT2D eigenvalue weighted by molar-refractivity contribution is -0.718. The van der Waals surface area contributed by atoms with Crippen molar-refractivity contribution in [1.82, 2.24) is 5.10 Å². The van der Waals surface area contributed by atoms with Crippen LogP contribution in [0.3, 0.4) is 0 Å². The SMILES string of the molecule is Cc1cc(C)c(C)c(-c2cc3ccccc3n[n+]2C)c1. The number of aryl methyl sites for hydroxylation is 3. The summed E-state index contributed by atoms with van der Waals surface area (Å²) in [5.41, 5.74) is 7.39. The molecule has 2 nitrogen and oxygen atoms in total. The van der Waals surface area contributed by atoms with E-state index in [0.29, 0.717) is 0 Å². The van der Waals surface area contributed by atoms with E-state index >= 15 is 0 Å². The van der Waals surface area contributed by atoms with Gasteiger partial charge in [-0.2, -0.15) is 0 Å². The molecule has 0 amide bonds. The highest BCUT2D eigenvalue weighted by atomic mass is 15.2. The van der Waals surface area contributed by atoms with Crippen LogP contribution in [0.25, 0.3) is 22.2 Å². The smallest absolute Gasteiger partial charge is 0.0858 e. The zero-order valence-electron chi connectivity index (χ0n) is 12.4. The number of fused-ring (bicyclic) bond motifs is 1. The minimum atomic E-state index is 1.03. The molecule has 0 radical (unpaired) electrons. The molecule has 0 aliphatic rings. The first kappa shape index (κ1) is 12.8. The molecule has 1 heterocycles. The fraction of sp³-hybridized carbons (Fsp3) is 0.222. The quantitative estimate of drug-likeness (QED) is 0.612. The maximum Gasteiger partial charge on any atom is 0.239 e. The number of hydrogen-bond acceptors (Lipinski definition) is 1. The van der Waals surface area contributed by atoms with Crippen molar-refractivity contribution < 1.29 is 4.68 Å². The van der Waals surface area contributed by atoms with E-state index in [9.17, 15) is 0 Å². The van der Waals surface area contributed by atoms with Gasteiger partial charge in [-0.25, -0.2) is 0 Å². The highest BCUT2D eigenvalue weighted by Gasteiger charge is 2.16. The topological polar surface area (TPSA) is 16.8 Å². The molecule has 0 N–H and O–H groups in total. The van der Waals surface area contributed by atoms with E-state index in [4.69, 9.17) is 0 Å². The van der Waals surface area contributed by atoms with E-state index < -0.39 is 0 Å². The molecule has 0 unspecified atom stereocenters. The standard InChI is InChI=1S/C18H19N2/c1-12-9-13(2)14(3)16(10-12)18-11-15-7-5-6-8-17(15)19-20(18)4/h5-11H,1-4H3/q+1. The molecule has 0 aliphatic heterocycles. The Bertz CT molecular complexity index is 804. The zero-order valence-corrected chi connectivity index (χ0v) is 12.4. The van der Waals surface area contributed by atoms with Crippen LogP contribution < -0.4 is 4.68 Å². The number of rotatable bonds is 1. The second-order valence-electron chi connectivity index (χ2n) is 5.47. The molecule has 2 aromatic carbocycles. The second kappa shape index (κ2) is 4.71. The summed E-state index contributed by atoms with van der Waals surface area (Å²) < 4.78 is 1.98. The van der Waals surface area contributed by atoms with Gasteiger partial charge in [0, 0.05) is 16.6 Å². The third kappa shape index (κ3) is 2.07. The first-order valence-corrected chi connectivity index (χ1v) is 6.90. The lowest BCUT2D eigenvalue weighted by atomic mass is 9.97. The number of hydrogen-bond donors (Lipinski definition) is 0. The summed E-state index contributed by atoms with van der Waals surface area (Å²) in [7, 11) is 2.01. The molecule has 1 aromatic heterocycles. The summed E-state index contributed by atoms with van der Waals surface area (Å²) in [6.07, 6.45) is 0. The number of nitrogens with zero attached hydrogens (tertiary/aromatic N) is 2. The van der Waals surface area contributed by atoms with Crippen LogP contribution in [0, 0.1) is 20.8 Å². The summed E-state index contributed by atoms with van der Waals surface area (Å²) in [6.45, 7) is 6.49. The molecule has 0 spiro atoms. The molecule has 3 rings (SSSR count). The Morgan fingerprint density at radius 1 is 0.950 bits per heavy atom. The minimum absolute atomic E-state index is 1.03. The Balaban J connectivity index is 2.32. The summed E-state index contributed by atoms with van der Waals surface area (Å²) in [5.74, 6) is 0. The Labute approximate surface area is 119 Å². The van der Waals surface area contributed by atoms with E-state index in [2.05, 4.69) is 56.2 Å². The fourth-order valence-electron chi connectivity index (χ4n) is 2.71. The molecule has 0 atom stereocenters. The van der Waals surface area contributed by atoms with E-state index in [-0.39, 0.29) is 0 Å². The molecule has 0 aliphatic carbocycles. The Kier molecular flexibility index (Phi) is 3.01. The summed E-state index contributed by atoms with van der Waals surface area (Å²) in [4.78, 5) is 0. The first-order chi connectivity index (χ1) is 9.56. The maximum atomic E-state index is 4.67. The maximum absolute atomic E-state index is 4.67. The van der Waals surface area contributed by atoms with Gasteiger partial charge in [-0.3, -0.25) is 0 Å². The average Bonchev–Trinajstić information content (AvgIpc) is 2.42. The third-order valence-electron chi connectivity index (χ3n) is 3.92. The van der Waals surface area contributed by atoms with Crippen molar-refractivity contribution in [1.29, 1.82) is 0 Å². The Hall–Kier alpha value is -2.22. The monoisotopic (exact) mass is 263 g/mol. The number of benzene rings is 2. The van der Waals surface area contributed by atoms with E-state index in [1.807, 2.05) is 23.9 Å². The van der Waals surface area contributed by atoms with Crippen LogP contribution in [0.15, 0.2) is 42.5 Å². The lowest BCUT2D eigenvalue weighted by Crippen LogP contribution is -2.35.